The summed E-state index contributed by atoms with van der Waals surface area (Å²) in [5.74, 6) is 5.52. The second-order valence-electron chi connectivity index (χ2n) is 16.0. The summed E-state index contributed by atoms with van der Waals surface area (Å²) in [6.45, 7) is 8.66. The lowest BCUT2D eigenvalue weighted by Crippen LogP contribution is -2.38. The number of ketones is 1. The van der Waals surface area contributed by atoms with Gasteiger partial charge in [0.25, 0.3) is 0 Å². The smallest absolute Gasteiger partial charge is 0.208 e. The van der Waals surface area contributed by atoms with Crippen molar-refractivity contribution in [2.75, 3.05) is 13.2 Å². The van der Waals surface area contributed by atoms with Crippen LogP contribution in [0.1, 0.15) is 94.4 Å². The quantitative estimate of drug-likeness (QED) is 0.0495. The van der Waals surface area contributed by atoms with Crippen LogP contribution in [0, 0.1) is 23.7 Å². The molecule has 1 unspecified atom stereocenters. The molecule has 0 spiro atoms. The van der Waals surface area contributed by atoms with Gasteiger partial charge in [0.1, 0.15) is 0 Å². The topological polar surface area (TPSA) is 92.7 Å². The number of carbonyl (C=O) groups is 1. The third-order valence-corrected chi connectivity index (χ3v) is 11.1. The van der Waals surface area contributed by atoms with Gasteiger partial charge in [-0.3, -0.25) is 4.79 Å². The number of ether oxygens (including phenoxy) is 6. The number of benzene rings is 4. The molecule has 4 aromatic rings. The van der Waals surface area contributed by atoms with Gasteiger partial charge in [0.05, 0.1) is 63.6 Å². The Morgan fingerprint density at radius 2 is 1.22 bits per heavy atom. The van der Waals surface area contributed by atoms with Crippen LogP contribution < -0.4 is 0 Å². The van der Waals surface area contributed by atoms with Gasteiger partial charge in [-0.1, -0.05) is 154 Å². The van der Waals surface area contributed by atoms with E-state index in [1.165, 1.54) is 0 Å². The molecule has 1 N–H and O–H groups in total. The van der Waals surface area contributed by atoms with Crippen molar-refractivity contribution in [1.82, 2.24) is 0 Å². The van der Waals surface area contributed by atoms with Crippen LogP contribution in [0.25, 0.3) is 0 Å². The molecule has 1 fully saturated rings. The molecule has 8 nitrogen and oxygen atoms in total. The van der Waals surface area contributed by atoms with Gasteiger partial charge in [-0.15, -0.1) is 0 Å². The van der Waals surface area contributed by atoms with Gasteiger partial charge >= 0.3 is 0 Å². The molecule has 1 saturated heterocycles. The molecule has 60 heavy (non-hydrogen) atoms. The van der Waals surface area contributed by atoms with E-state index in [2.05, 4.69) is 50.0 Å². The normalized spacial score (nSPS) is 17.6. The minimum absolute atomic E-state index is 0.123. The average Bonchev–Trinajstić information content (AvgIpc) is 3.29. The highest BCUT2D eigenvalue weighted by molar-refractivity contribution is 5.97. The minimum atomic E-state index is -0.798. The molecule has 1 aliphatic heterocycles. The zero-order valence-electron chi connectivity index (χ0n) is 35.9. The molecule has 5 rings (SSSR count). The van der Waals surface area contributed by atoms with Gasteiger partial charge in [0.15, 0.2) is 6.29 Å². The average molecular weight is 819 g/mol. The molecule has 0 amide bonds. The van der Waals surface area contributed by atoms with Crippen molar-refractivity contribution in [3.63, 3.8) is 0 Å². The summed E-state index contributed by atoms with van der Waals surface area (Å²) in [4.78, 5) is 13.4. The molecule has 0 saturated carbocycles. The van der Waals surface area contributed by atoms with E-state index in [4.69, 9.17) is 28.4 Å². The summed E-state index contributed by atoms with van der Waals surface area (Å²) in [6, 6.07) is 40.3. The molecule has 8 atom stereocenters. The highest BCUT2D eigenvalue weighted by Crippen LogP contribution is 2.25. The first-order valence-electron chi connectivity index (χ1n) is 21.9. The third-order valence-electron chi connectivity index (χ3n) is 11.1. The van der Waals surface area contributed by atoms with E-state index in [9.17, 15) is 9.90 Å². The zero-order valence-corrected chi connectivity index (χ0v) is 35.9. The van der Waals surface area contributed by atoms with E-state index >= 15 is 0 Å². The molecule has 0 radical (unpaired) electrons. The summed E-state index contributed by atoms with van der Waals surface area (Å²) in [5, 5.41) is 11.3. The molecule has 0 bridgehead atoms. The van der Waals surface area contributed by atoms with Gasteiger partial charge in [0.2, 0.25) is 5.78 Å². The van der Waals surface area contributed by atoms with Crippen LogP contribution in [0.3, 0.4) is 0 Å². The Bertz CT molecular complexity index is 1790. The monoisotopic (exact) mass is 818 g/mol. The molecule has 0 aliphatic carbocycles. The van der Waals surface area contributed by atoms with E-state index in [0.717, 1.165) is 47.9 Å². The number of aliphatic hydroxyl groups is 1. The Hall–Kier alpha value is -4.17. The maximum atomic E-state index is 13.4. The number of hydrogen-bond acceptors (Lipinski definition) is 8. The number of rotatable bonds is 26. The number of hydrogen-bond donors (Lipinski definition) is 1. The van der Waals surface area contributed by atoms with Gasteiger partial charge < -0.3 is 33.5 Å². The summed E-state index contributed by atoms with van der Waals surface area (Å²) >= 11 is 0. The SMILES string of the molecule is CC[C@@H](C)[C@@H](OCc1ccccc1)[C@@H](O)C[C@@H](C)C(=O)C#CCC[C@@H](OCc1ccccc1)[C@H](C[C@@H](COC1CCCCO1)OCc1ccccc1)OCc1ccccc1. The van der Waals surface area contributed by atoms with E-state index < -0.39 is 18.1 Å². The highest BCUT2D eigenvalue weighted by Gasteiger charge is 2.30. The van der Waals surface area contributed by atoms with Crippen LogP contribution >= 0.6 is 0 Å². The number of carbonyl (C=O) groups excluding carboxylic acids is 1. The third kappa shape index (κ3) is 17.1. The van der Waals surface area contributed by atoms with Crippen molar-refractivity contribution in [3.8, 4) is 11.8 Å². The van der Waals surface area contributed by atoms with Crippen molar-refractivity contribution in [2.24, 2.45) is 11.8 Å². The fraction of sp³-hybridized carbons (Fsp3) is 0.481. The Balaban J connectivity index is 1.28. The molecule has 322 valence electrons. The van der Waals surface area contributed by atoms with Gasteiger partial charge in [-0.2, -0.15) is 0 Å². The van der Waals surface area contributed by atoms with E-state index in [1.807, 2.05) is 104 Å². The molecule has 0 aromatic heterocycles. The van der Waals surface area contributed by atoms with Crippen molar-refractivity contribution >= 4 is 5.78 Å². The van der Waals surface area contributed by atoms with Crippen LogP contribution in [-0.2, 0) is 59.6 Å². The summed E-state index contributed by atoms with van der Waals surface area (Å²) in [5.41, 5.74) is 4.23. The number of aliphatic hydroxyl groups excluding tert-OH is 1. The Kier molecular flexibility index (Phi) is 21.0. The number of Topliss-reactive ketones (excluding diaryl/α,β-unsaturated/α-hetero) is 1. The van der Waals surface area contributed by atoms with Crippen molar-refractivity contribution in [1.29, 1.82) is 0 Å². The lowest BCUT2D eigenvalue weighted by Gasteiger charge is -2.32. The van der Waals surface area contributed by atoms with E-state index in [-0.39, 0.29) is 42.7 Å². The van der Waals surface area contributed by atoms with Crippen molar-refractivity contribution < 1.29 is 38.3 Å². The molecule has 1 aliphatic rings. The van der Waals surface area contributed by atoms with Crippen molar-refractivity contribution in [3.05, 3.63) is 144 Å². The first-order chi connectivity index (χ1) is 29.4. The molecule has 4 aromatic carbocycles. The predicted molar refractivity (Wildman–Crippen MR) is 235 cm³/mol. The maximum Gasteiger partial charge on any atom is 0.208 e. The summed E-state index contributed by atoms with van der Waals surface area (Å²) < 4.78 is 38.5. The second kappa shape index (κ2) is 26.9. The van der Waals surface area contributed by atoms with Gasteiger partial charge in [-0.05, 0) is 66.2 Å². The van der Waals surface area contributed by atoms with Crippen LogP contribution in [0.15, 0.2) is 121 Å². The van der Waals surface area contributed by atoms with Crippen LogP contribution in [0.5, 0.6) is 0 Å². The Labute approximate surface area is 358 Å². The lowest BCUT2D eigenvalue weighted by molar-refractivity contribution is -0.188. The van der Waals surface area contributed by atoms with Crippen LogP contribution in [0.4, 0.5) is 0 Å². The van der Waals surface area contributed by atoms with E-state index in [0.29, 0.717) is 58.9 Å². The molecule has 1 heterocycles. The Morgan fingerprint density at radius 1 is 0.700 bits per heavy atom. The largest absolute Gasteiger partial charge is 0.390 e. The maximum absolute atomic E-state index is 13.4. The molecular weight excluding hydrogens is 753 g/mol. The standard InChI is InChI=1S/C52H66O8/c1-4-40(2)52(60-38-45-27-15-8-16-28-45)48(54)33-41(3)47(53)29-17-18-30-49(57-36-43-23-11-6-12-24-43)50(58-37-44-25-13-7-14-26-44)34-46(39-59-51-31-19-20-32-55-51)56-35-42-21-9-5-10-22-42/h5-16,21-28,40-41,46,48-52,54H,4,18-20,30-39H2,1-3H3/t40-,41-,46+,48+,49-,50+,51?,52-/m1/s1. The lowest BCUT2D eigenvalue weighted by atomic mass is 9.90. The van der Waals surface area contributed by atoms with Crippen LogP contribution in [0.2, 0.25) is 0 Å². The summed E-state index contributed by atoms with van der Waals surface area (Å²) in [6.07, 6.45) is 3.05. The Morgan fingerprint density at radius 3 is 1.73 bits per heavy atom. The predicted octanol–water partition coefficient (Wildman–Crippen LogP) is 10.0. The van der Waals surface area contributed by atoms with E-state index in [1.54, 1.807) is 0 Å². The molecular formula is C52H66O8. The first kappa shape index (κ1) is 46.9. The van der Waals surface area contributed by atoms with Gasteiger partial charge in [-0.25, -0.2) is 0 Å². The first-order valence-corrected chi connectivity index (χ1v) is 21.9. The van der Waals surface area contributed by atoms with Crippen molar-refractivity contribution in [2.45, 2.75) is 135 Å². The minimum Gasteiger partial charge on any atom is -0.390 e. The van der Waals surface area contributed by atoms with Gasteiger partial charge in [0, 0.05) is 25.4 Å². The molecule has 8 heteroatoms. The van der Waals surface area contributed by atoms with Crippen LogP contribution in [-0.4, -0.2) is 60.9 Å². The highest BCUT2D eigenvalue weighted by atomic mass is 16.7. The fourth-order valence-electron chi connectivity index (χ4n) is 7.29. The zero-order chi connectivity index (χ0) is 42.2. The summed E-state index contributed by atoms with van der Waals surface area (Å²) in [7, 11) is 0. The second-order valence-corrected chi connectivity index (χ2v) is 16.0. The fourth-order valence-corrected chi connectivity index (χ4v) is 7.29.